The summed E-state index contributed by atoms with van der Waals surface area (Å²) in [5, 5.41) is 9.64. The van der Waals surface area contributed by atoms with Crippen molar-refractivity contribution in [1.82, 2.24) is 19.8 Å². The third-order valence-corrected chi connectivity index (χ3v) is 4.24. The van der Waals surface area contributed by atoms with Crippen LogP contribution >= 0.6 is 0 Å². The van der Waals surface area contributed by atoms with Crippen LogP contribution in [0.5, 0.6) is 0 Å². The van der Waals surface area contributed by atoms with Crippen molar-refractivity contribution < 1.29 is 12.8 Å². The molecule has 2 N–H and O–H groups in total. The molecule has 0 amide bonds. The third-order valence-electron chi connectivity index (χ3n) is 2.56. The molecule has 0 fully saturated rings. The fourth-order valence-electron chi connectivity index (χ4n) is 1.48. The number of sulfonamides is 1. The van der Waals surface area contributed by atoms with E-state index in [4.69, 9.17) is 4.42 Å². The van der Waals surface area contributed by atoms with Crippen LogP contribution in [-0.2, 0) is 23.1 Å². The second kappa shape index (κ2) is 5.55. The highest BCUT2D eigenvalue weighted by Gasteiger charge is 2.21. The molecule has 0 aromatic carbocycles. The van der Waals surface area contributed by atoms with Crippen molar-refractivity contribution in [3.63, 3.8) is 0 Å². The number of furan rings is 1. The van der Waals surface area contributed by atoms with Gasteiger partial charge < -0.3 is 9.73 Å². The second-order valence-corrected chi connectivity index (χ2v) is 6.30. The van der Waals surface area contributed by atoms with E-state index in [0.29, 0.717) is 18.8 Å². The fraction of sp³-hybridized carbons (Fsp3) is 0.364. The van der Waals surface area contributed by atoms with E-state index in [1.54, 1.807) is 18.5 Å². The quantitative estimate of drug-likeness (QED) is 0.808. The van der Waals surface area contributed by atoms with Crippen LogP contribution in [0.1, 0.15) is 11.3 Å². The Bertz CT molecular complexity index is 616. The van der Waals surface area contributed by atoms with Crippen LogP contribution in [0.15, 0.2) is 34.0 Å². The number of hydrogen-bond donors (Lipinski definition) is 2. The molecule has 2 rings (SSSR count). The maximum atomic E-state index is 11.8. The zero-order chi connectivity index (χ0) is 13.9. The molecule has 0 atom stereocenters. The fourth-order valence-corrected chi connectivity index (χ4v) is 2.29. The predicted molar refractivity (Wildman–Crippen MR) is 68.7 cm³/mol. The Labute approximate surface area is 111 Å². The number of rotatable bonds is 6. The molecule has 0 saturated heterocycles. The number of hydrogen-bond acceptors (Lipinski definition) is 5. The van der Waals surface area contributed by atoms with Gasteiger partial charge in [-0.1, -0.05) is 0 Å². The standard InChI is InChI=1S/C11H16N4O3S/c1-15(2)19(16,17)11-4-3-10(18-11)8-12-5-9-6-13-14-7-9/h3-4,6-7,12H,5,8H2,1-2H3,(H,13,14). The minimum absolute atomic E-state index is 0.0439. The molecule has 0 aliphatic carbocycles. The van der Waals surface area contributed by atoms with Crippen molar-refractivity contribution in [2.45, 2.75) is 18.2 Å². The Morgan fingerprint density at radius 2 is 2.16 bits per heavy atom. The number of H-pyrrole nitrogens is 1. The van der Waals surface area contributed by atoms with Gasteiger partial charge in [0.2, 0.25) is 5.09 Å². The molecule has 0 aliphatic heterocycles. The predicted octanol–water partition coefficient (Wildman–Crippen LogP) is 0.543. The average molecular weight is 284 g/mol. The van der Waals surface area contributed by atoms with Gasteiger partial charge in [-0.2, -0.15) is 5.10 Å². The van der Waals surface area contributed by atoms with E-state index in [1.807, 2.05) is 0 Å². The minimum atomic E-state index is -3.50. The number of aromatic nitrogens is 2. The number of nitrogens with zero attached hydrogens (tertiary/aromatic N) is 2. The third kappa shape index (κ3) is 3.22. The summed E-state index contributed by atoms with van der Waals surface area (Å²) in [7, 11) is -0.567. The van der Waals surface area contributed by atoms with E-state index in [2.05, 4.69) is 15.5 Å². The normalized spacial score (nSPS) is 12.2. The molecule has 104 valence electrons. The topological polar surface area (TPSA) is 91.2 Å². The molecule has 0 radical (unpaired) electrons. The molecule has 7 nitrogen and oxygen atoms in total. The lowest BCUT2D eigenvalue weighted by molar-refractivity contribution is 0.389. The van der Waals surface area contributed by atoms with Gasteiger partial charge in [0.25, 0.3) is 10.0 Å². The minimum Gasteiger partial charge on any atom is -0.447 e. The van der Waals surface area contributed by atoms with Crippen molar-refractivity contribution in [2.24, 2.45) is 0 Å². The van der Waals surface area contributed by atoms with Crippen molar-refractivity contribution in [1.29, 1.82) is 0 Å². The molecule has 2 heterocycles. The first-order valence-corrected chi connectivity index (χ1v) is 7.14. The van der Waals surface area contributed by atoms with Crippen molar-refractivity contribution in [3.05, 3.63) is 35.9 Å². The van der Waals surface area contributed by atoms with Crippen LogP contribution < -0.4 is 5.32 Å². The van der Waals surface area contributed by atoms with Crippen molar-refractivity contribution in [2.75, 3.05) is 14.1 Å². The van der Waals surface area contributed by atoms with Gasteiger partial charge in [-0.05, 0) is 12.1 Å². The highest BCUT2D eigenvalue weighted by Crippen LogP contribution is 2.16. The van der Waals surface area contributed by atoms with Crippen LogP contribution in [-0.4, -0.2) is 37.0 Å². The highest BCUT2D eigenvalue weighted by molar-refractivity contribution is 7.88. The number of nitrogens with one attached hydrogen (secondary N) is 2. The summed E-state index contributed by atoms with van der Waals surface area (Å²) < 4.78 is 30.0. The Morgan fingerprint density at radius 3 is 2.79 bits per heavy atom. The monoisotopic (exact) mass is 284 g/mol. The Morgan fingerprint density at radius 1 is 1.37 bits per heavy atom. The van der Waals surface area contributed by atoms with E-state index in [-0.39, 0.29) is 5.09 Å². The molecule has 0 saturated carbocycles. The van der Waals surface area contributed by atoms with Crippen LogP contribution in [0, 0.1) is 0 Å². The average Bonchev–Trinajstić information content (AvgIpc) is 2.99. The molecule has 2 aromatic heterocycles. The Hall–Kier alpha value is -1.64. The summed E-state index contributed by atoms with van der Waals surface area (Å²) in [5.41, 5.74) is 1.02. The second-order valence-electron chi connectivity index (χ2n) is 4.22. The lowest BCUT2D eigenvalue weighted by Crippen LogP contribution is -2.21. The van der Waals surface area contributed by atoms with Crippen LogP contribution in [0.25, 0.3) is 0 Å². The summed E-state index contributed by atoms with van der Waals surface area (Å²) in [6.07, 6.45) is 3.51. The van der Waals surface area contributed by atoms with E-state index in [9.17, 15) is 8.42 Å². The van der Waals surface area contributed by atoms with E-state index < -0.39 is 10.0 Å². The summed E-state index contributed by atoms with van der Waals surface area (Å²) in [6, 6.07) is 3.11. The first-order chi connectivity index (χ1) is 9.00. The van der Waals surface area contributed by atoms with Gasteiger partial charge in [0.1, 0.15) is 5.76 Å². The summed E-state index contributed by atoms with van der Waals surface area (Å²) in [6.45, 7) is 1.08. The molecule has 0 spiro atoms. The Balaban J connectivity index is 1.94. The summed E-state index contributed by atoms with van der Waals surface area (Å²) in [4.78, 5) is 0. The van der Waals surface area contributed by atoms with Gasteiger partial charge in [-0.15, -0.1) is 0 Å². The summed E-state index contributed by atoms with van der Waals surface area (Å²) in [5.74, 6) is 0.573. The van der Waals surface area contributed by atoms with Gasteiger partial charge in [0.05, 0.1) is 12.7 Å². The highest BCUT2D eigenvalue weighted by atomic mass is 32.2. The molecular weight excluding hydrogens is 268 g/mol. The molecular formula is C11H16N4O3S. The zero-order valence-electron chi connectivity index (χ0n) is 10.8. The Kier molecular flexibility index (Phi) is 4.03. The lowest BCUT2D eigenvalue weighted by atomic mass is 10.3. The van der Waals surface area contributed by atoms with Gasteiger partial charge in [0.15, 0.2) is 0 Å². The van der Waals surface area contributed by atoms with E-state index in [1.165, 1.54) is 20.2 Å². The van der Waals surface area contributed by atoms with Gasteiger partial charge in [0, 0.05) is 32.4 Å². The van der Waals surface area contributed by atoms with Gasteiger partial charge in [-0.25, -0.2) is 12.7 Å². The van der Waals surface area contributed by atoms with E-state index in [0.717, 1.165) is 9.87 Å². The first-order valence-electron chi connectivity index (χ1n) is 5.70. The maximum Gasteiger partial charge on any atom is 0.275 e. The maximum absolute atomic E-state index is 11.8. The van der Waals surface area contributed by atoms with Gasteiger partial charge >= 0.3 is 0 Å². The number of aromatic amines is 1. The smallest absolute Gasteiger partial charge is 0.275 e. The largest absolute Gasteiger partial charge is 0.447 e. The van der Waals surface area contributed by atoms with Crippen LogP contribution in [0.4, 0.5) is 0 Å². The SMILES string of the molecule is CN(C)S(=O)(=O)c1ccc(CNCc2cn[nH]c2)o1. The molecule has 0 bridgehead atoms. The molecule has 0 unspecified atom stereocenters. The van der Waals surface area contributed by atoms with Crippen molar-refractivity contribution in [3.8, 4) is 0 Å². The molecule has 0 aliphatic rings. The van der Waals surface area contributed by atoms with Gasteiger partial charge in [-0.3, -0.25) is 5.10 Å². The first kappa shape index (κ1) is 13.8. The lowest BCUT2D eigenvalue weighted by Gasteiger charge is -2.07. The van der Waals surface area contributed by atoms with Crippen LogP contribution in [0.3, 0.4) is 0 Å². The molecule has 8 heteroatoms. The van der Waals surface area contributed by atoms with Crippen LogP contribution in [0.2, 0.25) is 0 Å². The summed E-state index contributed by atoms with van der Waals surface area (Å²) >= 11 is 0. The molecule has 19 heavy (non-hydrogen) atoms. The van der Waals surface area contributed by atoms with E-state index >= 15 is 0 Å². The zero-order valence-corrected chi connectivity index (χ0v) is 11.6. The molecule has 2 aromatic rings. The van der Waals surface area contributed by atoms with Crippen molar-refractivity contribution >= 4 is 10.0 Å².